The van der Waals surface area contributed by atoms with Gasteiger partial charge in [-0.25, -0.2) is 13.2 Å². The first-order valence-corrected chi connectivity index (χ1v) is 8.23. The molecule has 1 rings (SSSR count). The Morgan fingerprint density at radius 2 is 2.00 bits per heavy atom. The van der Waals surface area contributed by atoms with Crippen LogP contribution < -0.4 is 5.32 Å². The molecule has 0 aromatic carbocycles. The Kier molecular flexibility index (Phi) is 5.20. The topological polar surface area (TPSA) is 92.7 Å². The van der Waals surface area contributed by atoms with Gasteiger partial charge < -0.3 is 15.2 Å². The van der Waals surface area contributed by atoms with Crippen LogP contribution in [0.5, 0.6) is 0 Å². The van der Waals surface area contributed by atoms with Crippen molar-refractivity contribution in [2.24, 2.45) is 11.8 Å². The van der Waals surface area contributed by atoms with Crippen LogP contribution in [0.25, 0.3) is 0 Å². The molecule has 0 aliphatic carbocycles. The summed E-state index contributed by atoms with van der Waals surface area (Å²) in [7, 11) is -3.06. The highest BCUT2D eigenvalue weighted by molar-refractivity contribution is 7.91. The lowest BCUT2D eigenvalue weighted by Gasteiger charge is -2.30. The third-order valence-corrected chi connectivity index (χ3v) is 4.87. The molecule has 0 unspecified atom stereocenters. The van der Waals surface area contributed by atoms with E-state index in [1.54, 1.807) is 20.8 Å². The number of amides is 1. The molecule has 1 heterocycles. The van der Waals surface area contributed by atoms with Crippen molar-refractivity contribution in [3.8, 4) is 0 Å². The molecule has 0 spiro atoms. The van der Waals surface area contributed by atoms with Crippen LogP contribution >= 0.6 is 0 Å². The normalized spacial score (nSPS) is 26.7. The van der Waals surface area contributed by atoms with Crippen LogP contribution in [-0.4, -0.2) is 49.9 Å². The fourth-order valence-electron chi connectivity index (χ4n) is 2.11. The number of ether oxygens (including phenoxy) is 1. The Bertz CT molecular complexity index is 412. The van der Waals surface area contributed by atoms with E-state index in [4.69, 9.17) is 4.74 Å². The molecule has 2 N–H and O–H groups in total. The van der Waals surface area contributed by atoms with E-state index in [0.717, 1.165) is 0 Å². The summed E-state index contributed by atoms with van der Waals surface area (Å²) in [6, 6.07) is 0. The summed E-state index contributed by atoms with van der Waals surface area (Å²) < 4.78 is 28.2. The van der Waals surface area contributed by atoms with Gasteiger partial charge in [0.15, 0.2) is 9.84 Å². The number of hydrogen-bond acceptors (Lipinski definition) is 5. The van der Waals surface area contributed by atoms with Gasteiger partial charge in [0, 0.05) is 13.2 Å². The van der Waals surface area contributed by atoms with E-state index in [9.17, 15) is 18.3 Å². The lowest BCUT2D eigenvalue weighted by atomic mass is 9.92. The maximum atomic E-state index is 11.6. The molecule has 6 nitrogen and oxygen atoms in total. The smallest absolute Gasteiger partial charge is 0.407 e. The van der Waals surface area contributed by atoms with Gasteiger partial charge in [0.05, 0.1) is 11.5 Å². The van der Waals surface area contributed by atoms with Crippen LogP contribution in [-0.2, 0) is 14.6 Å². The summed E-state index contributed by atoms with van der Waals surface area (Å²) in [4.78, 5) is 11.5. The van der Waals surface area contributed by atoms with Crippen molar-refractivity contribution in [1.82, 2.24) is 5.32 Å². The number of hydrogen-bond donors (Lipinski definition) is 2. The van der Waals surface area contributed by atoms with Crippen molar-refractivity contribution in [1.29, 1.82) is 0 Å². The molecule has 1 aliphatic rings. The Morgan fingerprint density at radius 1 is 1.37 bits per heavy atom. The molecule has 0 bridgehead atoms. The van der Waals surface area contributed by atoms with Crippen LogP contribution in [0, 0.1) is 11.8 Å². The average molecular weight is 293 g/mol. The maximum absolute atomic E-state index is 11.6. The monoisotopic (exact) mass is 293 g/mol. The van der Waals surface area contributed by atoms with Gasteiger partial charge in [-0.2, -0.15) is 0 Å². The van der Waals surface area contributed by atoms with Crippen molar-refractivity contribution in [3.63, 3.8) is 0 Å². The third-order valence-electron chi connectivity index (χ3n) is 3.08. The second-order valence-corrected chi connectivity index (χ2v) is 8.22. The van der Waals surface area contributed by atoms with Gasteiger partial charge in [0.2, 0.25) is 0 Å². The summed E-state index contributed by atoms with van der Waals surface area (Å²) in [5.41, 5.74) is -0.584. The Morgan fingerprint density at radius 3 is 2.53 bits per heavy atom. The summed E-state index contributed by atoms with van der Waals surface area (Å²) in [6.45, 7) is 5.42. The van der Waals surface area contributed by atoms with E-state index in [2.05, 4.69) is 5.32 Å². The molecule has 0 aromatic heterocycles. The number of carbonyl (C=O) groups is 1. The first kappa shape index (κ1) is 16.2. The Balaban J connectivity index is 2.51. The Labute approximate surface area is 114 Å². The number of aliphatic hydroxyl groups excluding tert-OH is 1. The van der Waals surface area contributed by atoms with Crippen LogP contribution in [0.15, 0.2) is 0 Å². The van der Waals surface area contributed by atoms with Crippen LogP contribution in [0.3, 0.4) is 0 Å². The lowest BCUT2D eigenvalue weighted by Crippen LogP contribution is -2.43. The van der Waals surface area contributed by atoms with E-state index >= 15 is 0 Å². The van der Waals surface area contributed by atoms with Gasteiger partial charge in [0.1, 0.15) is 5.60 Å². The van der Waals surface area contributed by atoms with E-state index in [0.29, 0.717) is 6.42 Å². The van der Waals surface area contributed by atoms with Crippen molar-refractivity contribution >= 4 is 15.9 Å². The lowest BCUT2D eigenvalue weighted by molar-refractivity contribution is 0.0507. The fourth-order valence-corrected chi connectivity index (χ4v) is 3.98. The number of rotatable bonds is 3. The van der Waals surface area contributed by atoms with Crippen LogP contribution in [0.2, 0.25) is 0 Å². The Hall–Kier alpha value is -0.820. The van der Waals surface area contributed by atoms with Crippen molar-refractivity contribution < 1.29 is 23.1 Å². The first-order chi connectivity index (χ1) is 8.63. The number of aliphatic hydroxyl groups is 1. The highest BCUT2D eigenvalue weighted by atomic mass is 32.2. The van der Waals surface area contributed by atoms with Crippen molar-refractivity contribution in [3.05, 3.63) is 0 Å². The zero-order valence-electron chi connectivity index (χ0n) is 11.7. The SMILES string of the molecule is CC(C)(C)OC(=O)NC[C@@H]1CS(=O)(=O)CC[C@@H]1CO. The second-order valence-electron chi connectivity index (χ2n) is 5.99. The molecule has 0 aromatic rings. The molecule has 2 atom stereocenters. The van der Waals surface area contributed by atoms with Crippen LogP contribution in [0.1, 0.15) is 27.2 Å². The minimum absolute atomic E-state index is 0.00796. The zero-order valence-corrected chi connectivity index (χ0v) is 12.5. The maximum Gasteiger partial charge on any atom is 0.407 e. The molecular formula is C12H23NO5S. The predicted octanol–water partition coefficient (Wildman–Crippen LogP) is 0.554. The molecule has 1 aliphatic heterocycles. The van der Waals surface area contributed by atoms with Crippen molar-refractivity contribution in [2.45, 2.75) is 32.8 Å². The molecular weight excluding hydrogens is 270 g/mol. The largest absolute Gasteiger partial charge is 0.444 e. The highest BCUT2D eigenvalue weighted by Crippen LogP contribution is 2.24. The van der Waals surface area contributed by atoms with Gasteiger partial charge in [0.25, 0.3) is 0 Å². The minimum atomic E-state index is -3.06. The van der Waals surface area contributed by atoms with E-state index in [1.807, 2.05) is 0 Å². The molecule has 1 saturated heterocycles. The fraction of sp³-hybridized carbons (Fsp3) is 0.917. The van der Waals surface area contributed by atoms with Gasteiger partial charge in [-0.1, -0.05) is 0 Å². The van der Waals surface area contributed by atoms with Gasteiger partial charge >= 0.3 is 6.09 Å². The molecule has 1 amide bonds. The molecule has 7 heteroatoms. The van der Waals surface area contributed by atoms with Gasteiger partial charge in [-0.3, -0.25) is 0 Å². The average Bonchev–Trinajstić information content (AvgIpc) is 2.23. The third kappa shape index (κ3) is 5.78. The second kappa shape index (κ2) is 6.09. The molecule has 1 fully saturated rings. The van der Waals surface area contributed by atoms with Crippen LogP contribution in [0.4, 0.5) is 4.79 Å². The number of carbonyl (C=O) groups excluding carboxylic acids is 1. The number of nitrogens with one attached hydrogen (secondary N) is 1. The quantitative estimate of drug-likeness (QED) is 0.793. The number of alkyl carbamates (subject to hydrolysis) is 1. The summed E-state index contributed by atoms with van der Waals surface area (Å²) >= 11 is 0. The van der Waals surface area contributed by atoms with E-state index in [1.165, 1.54) is 0 Å². The molecule has 0 saturated carbocycles. The standard InChI is InChI=1S/C12H23NO5S/c1-12(2,3)18-11(15)13-6-10-8-19(16,17)5-4-9(10)7-14/h9-10,14H,4-8H2,1-3H3,(H,13,15)/t9-,10-/m1/s1. The molecule has 19 heavy (non-hydrogen) atoms. The van der Waals surface area contributed by atoms with E-state index < -0.39 is 21.5 Å². The molecule has 0 radical (unpaired) electrons. The molecule has 112 valence electrons. The summed E-state index contributed by atoms with van der Waals surface area (Å²) in [6.07, 6.45) is -0.119. The first-order valence-electron chi connectivity index (χ1n) is 6.41. The highest BCUT2D eigenvalue weighted by Gasteiger charge is 2.33. The van der Waals surface area contributed by atoms with Gasteiger partial charge in [-0.05, 0) is 39.0 Å². The van der Waals surface area contributed by atoms with Gasteiger partial charge in [-0.15, -0.1) is 0 Å². The predicted molar refractivity (Wildman–Crippen MR) is 71.6 cm³/mol. The zero-order chi connectivity index (χ0) is 14.7. The summed E-state index contributed by atoms with van der Waals surface area (Å²) in [5.74, 6) is -0.218. The summed E-state index contributed by atoms with van der Waals surface area (Å²) in [5, 5.41) is 11.8. The number of sulfone groups is 1. The minimum Gasteiger partial charge on any atom is -0.444 e. The van der Waals surface area contributed by atoms with Crippen molar-refractivity contribution in [2.75, 3.05) is 24.7 Å². The van der Waals surface area contributed by atoms with E-state index in [-0.39, 0.29) is 36.5 Å².